The van der Waals surface area contributed by atoms with E-state index >= 15 is 0 Å². The van der Waals surface area contributed by atoms with Gasteiger partial charge in [0.05, 0.1) is 0 Å². The number of aromatic amines is 1. The maximum atomic E-state index is 13.1. The Labute approximate surface area is 177 Å². The van der Waals surface area contributed by atoms with Crippen molar-refractivity contribution in [1.82, 2.24) is 20.9 Å². The van der Waals surface area contributed by atoms with E-state index in [2.05, 4.69) is 20.9 Å². The molecule has 0 atom stereocenters. The summed E-state index contributed by atoms with van der Waals surface area (Å²) in [7, 11) is 0. The molecule has 0 bridgehead atoms. The summed E-state index contributed by atoms with van der Waals surface area (Å²) in [6.45, 7) is 3.47. The Kier molecular flexibility index (Phi) is 7.25. The van der Waals surface area contributed by atoms with Crippen molar-refractivity contribution < 1.29 is 23.0 Å². The molecular formula is C22H26ClFN4O. The molecule has 0 radical (unpaired) electrons. The summed E-state index contributed by atoms with van der Waals surface area (Å²) in [6.07, 6.45) is 2.26. The number of piperidine rings is 1. The van der Waals surface area contributed by atoms with Crippen LogP contribution in [-0.4, -0.2) is 43.1 Å². The highest BCUT2D eigenvalue weighted by atomic mass is 35.5. The van der Waals surface area contributed by atoms with Gasteiger partial charge in [0.2, 0.25) is 0 Å². The van der Waals surface area contributed by atoms with Crippen LogP contribution in [0.15, 0.2) is 48.5 Å². The second-order valence-electron chi connectivity index (χ2n) is 7.23. The van der Waals surface area contributed by atoms with Crippen molar-refractivity contribution in [3.63, 3.8) is 0 Å². The van der Waals surface area contributed by atoms with Crippen LogP contribution in [0, 0.1) is 5.82 Å². The maximum absolute atomic E-state index is 13.1. The fourth-order valence-corrected chi connectivity index (χ4v) is 3.64. The Bertz CT molecular complexity index is 957. The van der Waals surface area contributed by atoms with E-state index in [-0.39, 0.29) is 25.6 Å². The molecule has 1 aliphatic rings. The van der Waals surface area contributed by atoms with Crippen molar-refractivity contribution in [2.45, 2.75) is 18.9 Å². The Balaban J connectivity index is 0.00000160. The number of H-pyrrole nitrogens is 1. The van der Waals surface area contributed by atoms with Crippen molar-refractivity contribution in [3.05, 3.63) is 60.0 Å². The van der Waals surface area contributed by atoms with Gasteiger partial charge in [-0.1, -0.05) is 24.3 Å². The van der Waals surface area contributed by atoms with Crippen LogP contribution in [-0.2, 0) is 0 Å². The first-order chi connectivity index (χ1) is 13.7. The molecule has 0 saturated carbocycles. The van der Waals surface area contributed by atoms with Gasteiger partial charge in [-0.3, -0.25) is 4.79 Å². The quantitative estimate of drug-likeness (QED) is 0.433. The van der Waals surface area contributed by atoms with Gasteiger partial charge in [-0.25, -0.2) is 4.39 Å². The number of fused-ring (bicyclic) bond motifs is 1. The lowest BCUT2D eigenvalue weighted by Gasteiger charge is -2.23. The molecule has 1 saturated heterocycles. The van der Waals surface area contributed by atoms with E-state index in [1.807, 2.05) is 24.3 Å². The molecule has 1 aromatic heterocycles. The summed E-state index contributed by atoms with van der Waals surface area (Å²) in [5.74, 6) is -0.357. The number of hydrogen-bond acceptors (Lipinski definition) is 3. The zero-order valence-corrected chi connectivity index (χ0v) is 16.9. The van der Waals surface area contributed by atoms with Gasteiger partial charge in [0, 0.05) is 30.0 Å². The Morgan fingerprint density at radius 2 is 1.76 bits per heavy atom. The first kappa shape index (κ1) is 21.3. The first-order valence-corrected chi connectivity index (χ1v) is 9.80. The van der Waals surface area contributed by atoms with Crippen molar-refractivity contribution in [2.75, 3.05) is 26.2 Å². The van der Waals surface area contributed by atoms with Gasteiger partial charge in [0.25, 0.3) is 5.91 Å². The van der Waals surface area contributed by atoms with Crippen molar-refractivity contribution in [2.24, 2.45) is 0 Å². The average Bonchev–Trinajstić information content (AvgIpc) is 3.16. The molecule has 4 rings (SSSR count). The van der Waals surface area contributed by atoms with E-state index in [4.69, 9.17) is 0 Å². The van der Waals surface area contributed by atoms with Crippen LogP contribution in [0.25, 0.3) is 22.0 Å². The van der Waals surface area contributed by atoms with Crippen LogP contribution in [0.2, 0.25) is 0 Å². The number of benzene rings is 2. The molecule has 2 heterocycles. The lowest BCUT2D eigenvalue weighted by molar-refractivity contribution is -0.0000145. The van der Waals surface area contributed by atoms with Gasteiger partial charge in [-0.15, -0.1) is 0 Å². The topological polar surface area (TPSA) is 69.0 Å². The minimum atomic E-state index is -0.252. The second-order valence-corrected chi connectivity index (χ2v) is 7.23. The molecule has 5 nitrogen and oxygen atoms in total. The third kappa shape index (κ3) is 5.35. The van der Waals surface area contributed by atoms with Crippen molar-refractivity contribution in [1.29, 1.82) is 0 Å². The van der Waals surface area contributed by atoms with Crippen LogP contribution in [0.1, 0.15) is 24.8 Å². The van der Waals surface area contributed by atoms with Crippen molar-refractivity contribution in [3.8, 4) is 11.1 Å². The lowest BCUT2D eigenvalue weighted by atomic mass is 10.0. The summed E-state index contributed by atoms with van der Waals surface area (Å²) >= 11 is 0. The van der Waals surface area contributed by atoms with Crippen LogP contribution < -0.4 is 28.4 Å². The van der Waals surface area contributed by atoms with Crippen LogP contribution in [0.5, 0.6) is 0 Å². The standard InChI is InChI=1S/C22H25FN4O.ClH/c23-18-5-3-15(4-6-18)16-1-2-17-14-21(27-20(17)13-16)22(28)26-12-11-25-19-7-9-24-10-8-19;/h1-6,13-14,19,24-25,27H,7-12H2,(H,26,28);1H. The zero-order valence-electron chi connectivity index (χ0n) is 17.1. The zero-order chi connectivity index (χ0) is 19.3. The highest BCUT2D eigenvalue weighted by Crippen LogP contribution is 2.25. The maximum Gasteiger partial charge on any atom is 1.00 e. The van der Waals surface area contributed by atoms with E-state index in [1.54, 1.807) is 12.1 Å². The molecule has 154 valence electrons. The normalized spacial score (nSPS) is 14.5. The fraction of sp³-hybridized carbons (Fsp3) is 0.318. The molecule has 7 heteroatoms. The SMILES string of the molecule is O=C(NCCNC1CCNCC1)c1cc2ccc(-c3ccc(F)cc3)cc2[nH]1.[Cl-].[H+]. The number of aromatic nitrogens is 1. The summed E-state index contributed by atoms with van der Waals surface area (Å²) < 4.78 is 13.1. The third-order valence-corrected chi connectivity index (χ3v) is 5.23. The highest BCUT2D eigenvalue weighted by Gasteiger charge is 2.13. The van der Waals surface area contributed by atoms with Crippen molar-refractivity contribution >= 4 is 16.8 Å². The van der Waals surface area contributed by atoms with E-state index in [0.717, 1.165) is 54.5 Å². The largest absolute Gasteiger partial charge is 1.00 e. The number of carbonyl (C=O) groups is 1. The van der Waals surface area contributed by atoms with Gasteiger partial charge < -0.3 is 33.3 Å². The smallest absolute Gasteiger partial charge is 1.00 e. The Hall–Kier alpha value is -2.41. The third-order valence-electron chi connectivity index (χ3n) is 5.23. The minimum Gasteiger partial charge on any atom is -1.00 e. The van der Waals surface area contributed by atoms with Gasteiger partial charge in [0.15, 0.2) is 0 Å². The Morgan fingerprint density at radius 3 is 2.52 bits per heavy atom. The molecule has 1 amide bonds. The molecule has 1 aliphatic heterocycles. The monoisotopic (exact) mass is 416 g/mol. The summed E-state index contributed by atoms with van der Waals surface area (Å²) in [6, 6.07) is 14.7. The van der Waals surface area contributed by atoms with E-state index in [1.165, 1.54) is 12.1 Å². The van der Waals surface area contributed by atoms with Gasteiger partial charge in [-0.2, -0.15) is 0 Å². The van der Waals surface area contributed by atoms with Gasteiger partial charge in [-0.05, 0) is 61.3 Å². The molecule has 0 unspecified atom stereocenters. The number of carbonyl (C=O) groups excluding carboxylic acids is 1. The van der Waals surface area contributed by atoms with Crippen LogP contribution in [0.3, 0.4) is 0 Å². The van der Waals surface area contributed by atoms with Gasteiger partial charge in [0.1, 0.15) is 11.5 Å². The number of halogens is 2. The molecule has 4 N–H and O–H groups in total. The fourth-order valence-electron chi connectivity index (χ4n) is 3.64. The lowest BCUT2D eigenvalue weighted by Crippen LogP contribution is -3.00. The van der Waals surface area contributed by atoms with E-state index in [9.17, 15) is 9.18 Å². The van der Waals surface area contributed by atoms with E-state index in [0.29, 0.717) is 18.3 Å². The summed E-state index contributed by atoms with van der Waals surface area (Å²) in [5, 5.41) is 10.8. The highest BCUT2D eigenvalue weighted by molar-refractivity contribution is 5.98. The first-order valence-electron chi connectivity index (χ1n) is 9.80. The minimum absolute atomic E-state index is 0. The predicted octanol–water partition coefficient (Wildman–Crippen LogP) is 0.162. The van der Waals surface area contributed by atoms with Gasteiger partial charge >= 0.3 is 1.43 Å². The number of amides is 1. The molecule has 1 fully saturated rings. The number of nitrogens with one attached hydrogen (secondary N) is 4. The Morgan fingerprint density at radius 1 is 1.03 bits per heavy atom. The molecule has 2 aromatic carbocycles. The van der Waals surface area contributed by atoms with Crippen LogP contribution in [0.4, 0.5) is 4.39 Å². The second kappa shape index (κ2) is 9.87. The summed E-state index contributed by atoms with van der Waals surface area (Å²) in [4.78, 5) is 15.6. The van der Waals surface area contributed by atoms with E-state index < -0.39 is 0 Å². The molecule has 29 heavy (non-hydrogen) atoms. The number of rotatable bonds is 6. The molecule has 3 aromatic rings. The average molecular weight is 417 g/mol. The predicted molar refractivity (Wildman–Crippen MR) is 111 cm³/mol. The van der Waals surface area contributed by atoms with Crippen LogP contribution >= 0.6 is 0 Å². The number of hydrogen-bond donors (Lipinski definition) is 4. The molecule has 0 aliphatic carbocycles. The molecule has 0 spiro atoms. The summed E-state index contributed by atoms with van der Waals surface area (Å²) in [5.41, 5.74) is 3.35. The molecular weight excluding hydrogens is 391 g/mol.